The van der Waals surface area contributed by atoms with Crippen molar-refractivity contribution in [3.63, 3.8) is 0 Å². The first-order valence-corrected chi connectivity index (χ1v) is 7.12. The summed E-state index contributed by atoms with van der Waals surface area (Å²) in [7, 11) is 0. The Labute approximate surface area is 126 Å². The van der Waals surface area contributed by atoms with Crippen molar-refractivity contribution in [3.05, 3.63) is 59.4 Å². The van der Waals surface area contributed by atoms with E-state index in [0.717, 1.165) is 19.0 Å². The summed E-state index contributed by atoms with van der Waals surface area (Å²) in [6.07, 6.45) is -2.28. The largest absolute Gasteiger partial charge is 0.433 e. The lowest BCUT2D eigenvalue weighted by atomic mass is 9.94. The highest BCUT2D eigenvalue weighted by Crippen LogP contribution is 2.29. The third kappa shape index (κ3) is 3.22. The number of fused-ring (bicyclic) bond motifs is 1. The fourth-order valence-electron chi connectivity index (χ4n) is 2.69. The molecule has 2 heterocycles. The van der Waals surface area contributed by atoms with Crippen LogP contribution in [0.1, 0.15) is 22.9 Å². The van der Waals surface area contributed by atoms with Crippen LogP contribution in [-0.2, 0) is 12.6 Å². The van der Waals surface area contributed by atoms with Gasteiger partial charge in [-0.25, -0.2) is 0 Å². The quantitative estimate of drug-likeness (QED) is 0.912. The molecule has 1 aromatic carbocycles. The molecule has 22 heavy (non-hydrogen) atoms. The van der Waals surface area contributed by atoms with Crippen molar-refractivity contribution in [3.8, 4) is 0 Å². The van der Waals surface area contributed by atoms with Gasteiger partial charge < -0.3 is 10.6 Å². The SMILES string of the molecule is FC(F)(F)c1cc(NCC2NCCc3ccccc32)ccn1. The average Bonchev–Trinajstić information content (AvgIpc) is 2.52. The van der Waals surface area contributed by atoms with E-state index >= 15 is 0 Å². The maximum absolute atomic E-state index is 12.7. The molecule has 3 rings (SSSR count). The number of hydrogen-bond acceptors (Lipinski definition) is 3. The number of benzene rings is 1. The number of pyridine rings is 1. The zero-order valence-corrected chi connectivity index (χ0v) is 11.8. The zero-order valence-electron chi connectivity index (χ0n) is 11.8. The number of aromatic nitrogens is 1. The molecule has 0 saturated carbocycles. The molecule has 3 nitrogen and oxygen atoms in total. The van der Waals surface area contributed by atoms with Gasteiger partial charge in [0.25, 0.3) is 0 Å². The maximum atomic E-state index is 12.7. The molecule has 2 N–H and O–H groups in total. The van der Waals surface area contributed by atoms with Crippen LogP contribution >= 0.6 is 0 Å². The second-order valence-corrected chi connectivity index (χ2v) is 5.26. The molecule has 0 amide bonds. The smallest absolute Gasteiger partial charge is 0.383 e. The number of hydrogen-bond donors (Lipinski definition) is 2. The highest BCUT2D eigenvalue weighted by Gasteiger charge is 2.32. The molecule has 1 unspecified atom stereocenters. The highest BCUT2D eigenvalue weighted by molar-refractivity contribution is 5.45. The molecule has 1 aliphatic heterocycles. The van der Waals surface area contributed by atoms with E-state index in [-0.39, 0.29) is 6.04 Å². The van der Waals surface area contributed by atoms with Crippen LogP contribution in [0.4, 0.5) is 18.9 Å². The predicted molar refractivity (Wildman–Crippen MR) is 78.6 cm³/mol. The van der Waals surface area contributed by atoms with E-state index in [9.17, 15) is 13.2 Å². The second-order valence-electron chi connectivity index (χ2n) is 5.26. The number of alkyl halides is 3. The van der Waals surface area contributed by atoms with E-state index in [0.29, 0.717) is 12.2 Å². The highest BCUT2D eigenvalue weighted by atomic mass is 19.4. The number of anilines is 1. The van der Waals surface area contributed by atoms with Gasteiger partial charge >= 0.3 is 6.18 Å². The molecule has 1 aliphatic rings. The standard InChI is InChI=1S/C16H16F3N3/c17-16(18,19)15-9-12(6-8-21-15)22-10-14-13-4-2-1-3-11(13)5-7-20-14/h1-4,6,8-9,14,20H,5,7,10H2,(H,21,22). The van der Waals surface area contributed by atoms with Crippen molar-refractivity contribution in [2.75, 3.05) is 18.4 Å². The second kappa shape index (κ2) is 5.96. The minimum atomic E-state index is -4.42. The molecule has 2 aromatic rings. The first-order valence-electron chi connectivity index (χ1n) is 7.12. The van der Waals surface area contributed by atoms with E-state index in [4.69, 9.17) is 0 Å². The van der Waals surface area contributed by atoms with Gasteiger partial charge in [-0.15, -0.1) is 0 Å². The molecule has 1 aromatic heterocycles. The molecular formula is C16H16F3N3. The van der Waals surface area contributed by atoms with Gasteiger partial charge in [0.05, 0.1) is 0 Å². The van der Waals surface area contributed by atoms with E-state index in [2.05, 4.69) is 27.8 Å². The van der Waals surface area contributed by atoms with Crippen LogP contribution in [-0.4, -0.2) is 18.1 Å². The minimum absolute atomic E-state index is 0.0902. The Morgan fingerprint density at radius 1 is 1.23 bits per heavy atom. The van der Waals surface area contributed by atoms with E-state index < -0.39 is 11.9 Å². The molecule has 116 valence electrons. The number of halogens is 3. The van der Waals surface area contributed by atoms with Crippen molar-refractivity contribution in [1.82, 2.24) is 10.3 Å². The normalized spacial score (nSPS) is 17.9. The molecule has 0 spiro atoms. The summed E-state index contributed by atoms with van der Waals surface area (Å²) in [6.45, 7) is 1.39. The van der Waals surface area contributed by atoms with Crippen LogP contribution in [0.5, 0.6) is 0 Å². The summed E-state index contributed by atoms with van der Waals surface area (Å²) in [4.78, 5) is 3.36. The van der Waals surface area contributed by atoms with Crippen LogP contribution < -0.4 is 10.6 Å². The van der Waals surface area contributed by atoms with Crippen LogP contribution in [0.25, 0.3) is 0 Å². The van der Waals surface area contributed by atoms with Gasteiger partial charge in [-0.1, -0.05) is 24.3 Å². The van der Waals surface area contributed by atoms with E-state index in [1.165, 1.54) is 17.3 Å². The lowest BCUT2D eigenvalue weighted by Crippen LogP contribution is -2.34. The average molecular weight is 307 g/mol. The molecule has 0 fully saturated rings. The Bertz CT molecular complexity index is 655. The third-order valence-electron chi connectivity index (χ3n) is 3.78. The summed E-state index contributed by atoms with van der Waals surface area (Å²) in [5.41, 5.74) is 2.03. The summed E-state index contributed by atoms with van der Waals surface area (Å²) < 4.78 is 38.0. The van der Waals surface area contributed by atoms with Gasteiger partial charge in [0.1, 0.15) is 5.69 Å². The first kappa shape index (κ1) is 14.8. The Morgan fingerprint density at radius 3 is 2.86 bits per heavy atom. The van der Waals surface area contributed by atoms with Gasteiger partial charge in [-0.05, 0) is 36.2 Å². The number of nitrogens with zero attached hydrogens (tertiary/aromatic N) is 1. The van der Waals surface area contributed by atoms with Gasteiger partial charge in [0, 0.05) is 24.5 Å². The van der Waals surface area contributed by atoms with Crippen LogP contribution in [0, 0.1) is 0 Å². The summed E-state index contributed by atoms with van der Waals surface area (Å²) in [5, 5.41) is 6.46. The summed E-state index contributed by atoms with van der Waals surface area (Å²) >= 11 is 0. The predicted octanol–water partition coefficient (Wildman–Crippen LogP) is 3.40. The van der Waals surface area contributed by atoms with Crippen molar-refractivity contribution >= 4 is 5.69 Å². The molecule has 0 radical (unpaired) electrons. The fourth-order valence-corrected chi connectivity index (χ4v) is 2.69. The van der Waals surface area contributed by atoms with Gasteiger partial charge in [-0.3, -0.25) is 4.98 Å². The zero-order chi connectivity index (χ0) is 15.6. The topological polar surface area (TPSA) is 37.0 Å². The van der Waals surface area contributed by atoms with Crippen molar-refractivity contribution in [2.45, 2.75) is 18.6 Å². The molecular weight excluding hydrogens is 291 g/mol. The Hall–Kier alpha value is -2.08. The fraction of sp³-hybridized carbons (Fsp3) is 0.312. The van der Waals surface area contributed by atoms with Crippen molar-refractivity contribution < 1.29 is 13.2 Å². The van der Waals surface area contributed by atoms with E-state index in [1.54, 1.807) is 6.07 Å². The molecule has 1 atom stereocenters. The Balaban J connectivity index is 1.71. The number of rotatable bonds is 3. The Kier molecular flexibility index (Phi) is 4.02. The van der Waals surface area contributed by atoms with Gasteiger partial charge in [0.15, 0.2) is 0 Å². The molecule has 0 bridgehead atoms. The molecule has 6 heteroatoms. The first-order chi connectivity index (χ1) is 10.5. The van der Waals surface area contributed by atoms with E-state index in [1.807, 2.05) is 12.1 Å². The molecule has 0 saturated heterocycles. The maximum Gasteiger partial charge on any atom is 0.433 e. The third-order valence-corrected chi connectivity index (χ3v) is 3.78. The van der Waals surface area contributed by atoms with Crippen molar-refractivity contribution in [2.24, 2.45) is 0 Å². The Morgan fingerprint density at radius 2 is 2.05 bits per heavy atom. The monoisotopic (exact) mass is 307 g/mol. The lowest BCUT2D eigenvalue weighted by Gasteiger charge is -2.27. The number of nitrogens with one attached hydrogen (secondary N) is 2. The lowest BCUT2D eigenvalue weighted by molar-refractivity contribution is -0.141. The van der Waals surface area contributed by atoms with Crippen LogP contribution in [0.15, 0.2) is 42.6 Å². The summed E-state index contributed by atoms with van der Waals surface area (Å²) in [5.74, 6) is 0. The minimum Gasteiger partial charge on any atom is -0.383 e. The van der Waals surface area contributed by atoms with Gasteiger partial charge in [0.2, 0.25) is 0 Å². The van der Waals surface area contributed by atoms with Crippen molar-refractivity contribution in [1.29, 1.82) is 0 Å². The van der Waals surface area contributed by atoms with Gasteiger partial charge in [-0.2, -0.15) is 13.2 Å². The van der Waals surface area contributed by atoms with Crippen LogP contribution in [0.2, 0.25) is 0 Å². The van der Waals surface area contributed by atoms with Crippen LogP contribution in [0.3, 0.4) is 0 Å². The molecule has 0 aliphatic carbocycles. The summed E-state index contributed by atoms with van der Waals surface area (Å²) in [6, 6.07) is 10.8.